The molecule has 2 aromatic heterocycles. The summed E-state index contributed by atoms with van der Waals surface area (Å²) in [5.74, 6) is 1.58. The van der Waals surface area contributed by atoms with Crippen molar-refractivity contribution in [3.8, 4) is 0 Å². The van der Waals surface area contributed by atoms with Gasteiger partial charge in [-0.25, -0.2) is 4.98 Å². The topological polar surface area (TPSA) is 80.0 Å². The van der Waals surface area contributed by atoms with E-state index in [9.17, 15) is 0 Å². The van der Waals surface area contributed by atoms with Crippen molar-refractivity contribution in [2.24, 2.45) is 0 Å². The molecule has 0 aliphatic carbocycles. The van der Waals surface area contributed by atoms with E-state index in [1.54, 1.807) is 0 Å². The number of nitrogen functional groups attached to an aromatic ring is 1. The second-order valence-corrected chi connectivity index (χ2v) is 5.92. The van der Waals surface area contributed by atoms with E-state index in [2.05, 4.69) is 45.1 Å². The van der Waals surface area contributed by atoms with Crippen molar-refractivity contribution >= 4 is 22.8 Å². The second kappa shape index (κ2) is 5.44. The zero-order valence-corrected chi connectivity index (χ0v) is 12.8. The van der Waals surface area contributed by atoms with Crippen molar-refractivity contribution in [1.29, 1.82) is 0 Å². The Morgan fingerprint density at radius 3 is 2.86 bits per heavy atom. The number of nitrogens with two attached hydrogens (primary N) is 1. The second-order valence-electron chi connectivity index (χ2n) is 5.92. The summed E-state index contributed by atoms with van der Waals surface area (Å²) in [6.07, 6.45) is 3.02. The summed E-state index contributed by atoms with van der Waals surface area (Å²) in [4.78, 5) is 15.6. The van der Waals surface area contributed by atoms with Crippen molar-refractivity contribution in [1.82, 2.24) is 20.3 Å². The maximum atomic E-state index is 5.89. The van der Waals surface area contributed by atoms with Gasteiger partial charge in [0.2, 0.25) is 5.95 Å². The smallest absolute Gasteiger partial charge is 0.222 e. The van der Waals surface area contributed by atoms with E-state index in [4.69, 9.17) is 5.73 Å². The highest BCUT2D eigenvalue weighted by Gasteiger charge is 2.24. The van der Waals surface area contributed by atoms with Crippen molar-refractivity contribution in [2.75, 3.05) is 30.8 Å². The molecule has 3 rings (SSSR count). The van der Waals surface area contributed by atoms with Gasteiger partial charge in [0.05, 0.1) is 5.52 Å². The molecule has 1 aliphatic heterocycles. The fourth-order valence-electron chi connectivity index (χ4n) is 2.76. The first-order valence-electron chi connectivity index (χ1n) is 7.44. The Bertz CT molecular complexity index is 654. The third-order valence-corrected chi connectivity index (χ3v) is 4.12. The molecular weight excluding hydrogens is 264 g/mol. The fraction of sp³-hybridized carbons (Fsp3) is 0.533. The molecule has 1 saturated heterocycles. The van der Waals surface area contributed by atoms with Gasteiger partial charge in [0.15, 0.2) is 5.82 Å². The first-order chi connectivity index (χ1) is 10.1. The zero-order valence-electron chi connectivity index (χ0n) is 12.8. The molecule has 1 unspecified atom stereocenters. The van der Waals surface area contributed by atoms with E-state index < -0.39 is 0 Å². The number of aromatic nitrogens is 3. The lowest BCUT2D eigenvalue weighted by molar-refractivity contribution is 0.616. The number of nitrogens with one attached hydrogen (secondary N) is 1. The van der Waals surface area contributed by atoms with Gasteiger partial charge in [-0.3, -0.25) is 4.98 Å². The molecule has 0 spiro atoms. The molecular formula is C15H22N6. The standard InChI is InChI=1S/C15H22N6/c1-9(2)10-6-12-13(18-7-10)14(20-15(16)19-12)21-5-4-11(8-21)17-3/h6-7,9,11,17H,4-5,8H2,1-3H3,(H2,16,19,20). The predicted molar refractivity (Wildman–Crippen MR) is 85.5 cm³/mol. The average Bonchev–Trinajstić information content (AvgIpc) is 2.94. The van der Waals surface area contributed by atoms with E-state index in [0.29, 0.717) is 17.9 Å². The quantitative estimate of drug-likeness (QED) is 0.890. The number of pyridine rings is 1. The molecule has 112 valence electrons. The molecule has 6 nitrogen and oxygen atoms in total. The maximum absolute atomic E-state index is 5.89. The van der Waals surface area contributed by atoms with Crippen molar-refractivity contribution < 1.29 is 0 Å². The summed E-state index contributed by atoms with van der Waals surface area (Å²) in [5, 5.41) is 3.31. The summed E-state index contributed by atoms with van der Waals surface area (Å²) >= 11 is 0. The van der Waals surface area contributed by atoms with Crippen molar-refractivity contribution in [2.45, 2.75) is 32.2 Å². The predicted octanol–water partition coefficient (Wildman–Crippen LogP) is 1.53. The molecule has 1 fully saturated rings. The van der Waals surface area contributed by atoms with Crippen LogP contribution in [-0.2, 0) is 0 Å². The Morgan fingerprint density at radius 1 is 1.38 bits per heavy atom. The molecule has 0 radical (unpaired) electrons. The Hall–Kier alpha value is -1.95. The van der Waals surface area contributed by atoms with Crippen LogP contribution in [0.15, 0.2) is 12.3 Å². The van der Waals surface area contributed by atoms with Gasteiger partial charge in [-0.15, -0.1) is 0 Å². The van der Waals surface area contributed by atoms with Crippen molar-refractivity contribution in [3.05, 3.63) is 17.8 Å². The zero-order chi connectivity index (χ0) is 15.0. The maximum Gasteiger partial charge on any atom is 0.222 e. The number of likely N-dealkylation sites (N-methyl/N-ethyl adjacent to an activating group) is 1. The van der Waals surface area contributed by atoms with Gasteiger partial charge in [0, 0.05) is 25.3 Å². The highest BCUT2D eigenvalue weighted by Crippen LogP contribution is 2.27. The first-order valence-corrected chi connectivity index (χ1v) is 7.44. The van der Waals surface area contributed by atoms with Gasteiger partial charge in [0.25, 0.3) is 0 Å². The number of hydrogen-bond acceptors (Lipinski definition) is 6. The van der Waals surface area contributed by atoms with Gasteiger partial charge in [-0.1, -0.05) is 13.8 Å². The minimum atomic E-state index is 0.313. The van der Waals surface area contributed by atoms with Crippen molar-refractivity contribution in [3.63, 3.8) is 0 Å². The summed E-state index contributed by atoms with van der Waals surface area (Å²) in [5.41, 5.74) is 8.73. The van der Waals surface area contributed by atoms with Gasteiger partial charge >= 0.3 is 0 Å². The highest BCUT2D eigenvalue weighted by molar-refractivity contribution is 5.87. The molecule has 6 heteroatoms. The minimum absolute atomic E-state index is 0.313. The first kappa shape index (κ1) is 14.0. The van der Waals surface area contributed by atoms with Crippen LogP contribution in [0.5, 0.6) is 0 Å². The summed E-state index contributed by atoms with van der Waals surface area (Å²) in [7, 11) is 1.99. The lowest BCUT2D eigenvalue weighted by atomic mass is 10.1. The number of hydrogen-bond donors (Lipinski definition) is 2. The van der Waals surface area contributed by atoms with Crippen LogP contribution in [0.1, 0.15) is 31.7 Å². The summed E-state index contributed by atoms with van der Waals surface area (Å²) < 4.78 is 0. The molecule has 3 N–H and O–H groups in total. The molecule has 3 heterocycles. The Morgan fingerprint density at radius 2 is 2.19 bits per heavy atom. The molecule has 1 aliphatic rings. The summed E-state index contributed by atoms with van der Waals surface area (Å²) in [6, 6.07) is 2.56. The monoisotopic (exact) mass is 286 g/mol. The number of rotatable bonds is 3. The van der Waals surface area contributed by atoms with Gasteiger partial charge < -0.3 is 16.0 Å². The molecule has 2 aromatic rings. The molecule has 0 bridgehead atoms. The number of nitrogens with zero attached hydrogens (tertiary/aromatic N) is 4. The van der Waals surface area contributed by atoms with Crippen LogP contribution in [0.25, 0.3) is 11.0 Å². The SMILES string of the molecule is CNC1CCN(c2nc(N)nc3cc(C(C)C)cnc23)C1. The normalized spacial score (nSPS) is 18.9. The van der Waals surface area contributed by atoms with E-state index >= 15 is 0 Å². The molecule has 0 amide bonds. The van der Waals surface area contributed by atoms with E-state index in [1.807, 2.05) is 13.2 Å². The minimum Gasteiger partial charge on any atom is -0.368 e. The third-order valence-electron chi connectivity index (χ3n) is 4.12. The number of fused-ring (bicyclic) bond motifs is 1. The van der Waals surface area contributed by atoms with Crippen LogP contribution in [-0.4, -0.2) is 41.1 Å². The van der Waals surface area contributed by atoms with Crippen LogP contribution >= 0.6 is 0 Å². The van der Waals surface area contributed by atoms with Gasteiger partial charge in [0.1, 0.15) is 5.52 Å². The largest absolute Gasteiger partial charge is 0.368 e. The molecule has 1 atom stereocenters. The lowest BCUT2D eigenvalue weighted by Crippen LogP contribution is -2.30. The summed E-state index contributed by atoms with van der Waals surface area (Å²) in [6.45, 7) is 6.18. The van der Waals surface area contributed by atoms with E-state index in [1.165, 1.54) is 5.56 Å². The average molecular weight is 286 g/mol. The molecule has 0 aromatic carbocycles. The Balaban J connectivity index is 2.06. The van der Waals surface area contributed by atoms with Crippen LogP contribution in [0, 0.1) is 0 Å². The van der Waals surface area contributed by atoms with Crippen LogP contribution in [0.4, 0.5) is 11.8 Å². The van der Waals surface area contributed by atoms with E-state index in [-0.39, 0.29) is 0 Å². The van der Waals surface area contributed by atoms with Gasteiger partial charge in [-0.05, 0) is 31.0 Å². The van der Waals surface area contributed by atoms with Crippen LogP contribution in [0.2, 0.25) is 0 Å². The van der Waals surface area contributed by atoms with Crippen LogP contribution < -0.4 is 16.0 Å². The molecule has 21 heavy (non-hydrogen) atoms. The number of anilines is 2. The Kier molecular flexibility index (Phi) is 3.63. The van der Waals surface area contributed by atoms with E-state index in [0.717, 1.165) is 36.4 Å². The highest BCUT2D eigenvalue weighted by atomic mass is 15.3. The lowest BCUT2D eigenvalue weighted by Gasteiger charge is -2.19. The Labute approximate surface area is 124 Å². The fourth-order valence-corrected chi connectivity index (χ4v) is 2.76. The third kappa shape index (κ3) is 2.63. The van der Waals surface area contributed by atoms with Gasteiger partial charge in [-0.2, -0.15) is 4.98 Å². The molecule has 0 saturated carbocycles. The van der Waals surface area contributed by atoms with Crippen LogP contribution in [0.3, 0.4) is 0 Å².